The van der Waals surface area contributed by atoms with Crippen molar-refractivity contribution >= 4 is 0 Å². The third-order valence-electron chi connectivity index (χ3n) is 4.86. The molecule has 0 spiro atoms. The predicted octanol–water partition coefficient (Wildman–Crippen LogP) is 4.24. The van der Waals surface area contributed by atoms with Gasteiger partial charge in [-0.05, 0) is 36.0 Å². The van der Waals surface area contributed by atoms with E-state index in [-0.39, 0.29) is 6.10 Å². The summed E-state index contributed by atoms with van der Waals surface area (Å²) in [6.07, 6.45) is 6.09. The highest BCUT2D eigenvalue weighted by Gasteiger charge is 2.28. The van der Waals surface area contributed by atoms with Crippen LogP contribution in [-0.2, 0) is 4.74 Å². The highest BCUT2D eigenvalue weighted by Crippen LogP contribution is 2.30. The van der Waals surface area contributed by atoms with Crippen molar-refractivity contribution < 1.29 is 4.74 Å². The molecule has 118 valence electrons. The summed E-state index contributed by atoms with van der Waals surface area (Å²) in [5, 5.41) is 3.64. The van der Waals surface area contributed by atoms with Crippen LogP contribution < -0.4 is 5.32 Å². The van der Waals surface area contributed by atoms with Gasteiger partial charge in [0.15, 0.2) is 0 Å². The van der Waals surface area contributed by atoms with Crippen molar-refractivity contribution in [3.05, 3.63) is 83.4 Å². The molecule has 2 unspecified atom stereocenters. The molecule has 23 heavy (non-hydrogen) atoms. The van der Waals surface area contributed by atoms with Gasteiger partial charge in [-0.2, -0.15) is 0 Å². The highest BCUT2D eigenvalue weighted by atomic mass is 16.5. The molecule has 2 aromatic carbocycles. The topological polar surface area (TPSA) is 21.3 Å². The Bertz CT molecular complexity index is 625. The third-order valence-corrected chi connectivity index (χ3v) is 4.86. The fraction of sp³-hybridized carbons (Fsp3) is 0.333. The van der Waals surface area contributed by atoms with Crippen LogP contribution in [0.2, 0.25) is 0 Å². The summed E-state index contributed by atoms with van der Waals surface area (Å²) in [5.41, 5.74) is 3.89. The molecule has 2 aliphatic rings. The minimum atomic E-state index is 0.00541. The molecule has 2 heterocycles. The van der Waals surface area contributed by atoms with Crippen LogP contribution in [0.25, 0.3) is 0 Å². The summed E-state index contributed by atoms with van der Waals surface area (Å²) in [7, 11) is 0. The van der Waals surface area contributed by atoms with E-state index in [2.05, 4.69) is 72.1 Å². The summed E-state index contributed by atoms with van der Waals surface area (Å²) >= 11 is 0. The molecule has 2 bridgehead atoms. The van der Waals surface area contributed by atoms with Gasteiger partial charge in [0.1, 0.15) is 6.10 Å². The van der Waals surface area contributed by atoms with E-state index in [0.717, 1.165) is 13.0 Å². The van der Waals surface area contributed by atoms with Crippen molar-refractivity contribution in [3.63, 3.8) is 0 Å². The number of hydrogen-bond acceptors (Lipinski definition) is 2. The maximum Gasteiger partial charge on any atom is 0.108 e. The lowest BCUT2D eigenvalue weighted by molar-refractivity contribution is 0.0959. The molecule has 2 heteroatoms. The Morgan fingerprint density at radius 2 is 1.57 bits per heavy atom. The Balaban J connectivity index is 1.52. The average molecular weight is 305 g/mol. The monoisotopic (exact) mass is 305 g/mol. The van der Waals surface area contributed by atoms with Crippen molar-refractivity contribution in [1.82, 2.24) is 5.32 Å². The number of ether oxygens (including phenoxy) is 1. The van der Waals surface area contributed by atoms with Crippen LogP contribution >= 0.6 is 0 Å². The van der Waals surface area contributed by atoms with Gasteiger partial charge in [0.05, 0.1) is 6.61 Å². The van der Waals surface area contributed by atoms with E-state index in [0.29, 0.717) is 12.1 Å². The predicted molar refractivity (Wildman–Crippen MR) is 93.3 cm³/mol. The Morgan fingerprint density at radius 3 is 2.17 bits per heavy atom. The van der Waals surface area contributed by atoms with E-state index in [4.69, 9.17) is 4.74 Å². The standard InChI is InChI=1S/C21H23NO/c1-3-7-17(8-4-1)21(18-9-5-2-6-10-18)23-15-16-13-19-11-12-20(14-16)22-19/h1-10,13,19-22H,11-12,14-15H2. The lowest BCUT2D eigenvalue weighted by Crippen LogP contribution is -2.33. The molecule has 2 aromatic rings. The largest absolute Gasteiger partial charge is 0.364 e. The molecule has 0 saturated carbocycles. The van der Waals surface area contributed by atoms with Gasteiger partial charge in [0.2, 0.25) is 0 Å². The first-order valence-corrected chi connectivity index (χ1v) is 8.55. The van der Waals surface area contributed by atoms with E-state index in [1.807, 2.05) is 0 Å². The van der Waals surface area contributed by atoms with E-state index >= 15 is 0 Å². The van der Waals surface area contributed by atoms with E-state index < -0.39 is 0 Å². The first-order chi connectivity index (χ1) is 11.4. The number of rotatable bonds is 5. The number of hydrogen-bond donors (Lipinski definition) is 1. The molecular formula is C21H23NO. The second kappa shape index (κ2) is 6.69. The first-order valence-electron chi connectivity index (χ1n) is 8.55. The molecule has 1 N–H and O–H groups in total. The Morgan fingerprint density at radius 1 is 0.913 bits per heavy atom. The summed E-state index contributed by atoms with van der Waals surface area (Å²) < 4.78 is 6.38. The van der Waals surface area contributed by atoms with Crippen LogP contribution in [0.1, 0.15) is 36.5 Å². The smallest absolute Gasteiger partial charge is 0.108 e. The number of nitrogens with one attached hydrogen (secondary N) is 1. The maximum atomic E-state index is 6.38. The maximum absolute atomic E-state index is 6.38. The molecule has 0 radical (unpaired) electrons. The first kappa shape index (κ1) is 14.7. The van der Waals surface area contributed by atoms with Gasteiger partial charge in [-0.1, -0.05) is 66.7 Å². The van der Waals surface area contributed by atoms with Gasteiger partial charge in [0.25, 0.3) is 0 Å². The zero-order valence-electron chi connectivity index (χ0n) is 13.3. The van der Waals surface area contributed by atoms with Gasteiger partial charge < -0.3 is 10.1 Å². The summed E-state index contributed by atoms with van der Waals surface area (Å²) in [6, 6.07) is 22.3. The van der Waals surface area contributed by atoms with Crippen molar-refractivity contribution in [3.8, 4) is 0 Å². The molecule has 4 rings (SSSR count). The van der Waals surface area contributed by atoms with Crippen LogP contribution in [0.4, 0.5) is 0 Å². The fourth-order valence-electron chi connectivity index (χ4n) is 3.75. The highest BCUT2D eigenvalue weighted by molar-refractivity contribution is 5.30. The van der Waals surface area contributed by atoms with Crippen molar-refractivity contribution in [2.24, 2.45) is 0 Å². The second-order valence-corrected chi connectivity index (χ2v) is 6.59. The van der Waals surface area contributed by atoms with Crippen molar-refractivity contribution in [2.75, 3.05) is 6.61 Å². The fourth-order valence-corrected chi connectivity index (χ4v) is 3.75. The number of benzene rings is 2. The Kier molecular flexibility index (Phi) is 4.27. The summed E-state index contributed by atoms with van der Waals surface area (Å²) in [5.74, 6) is 0. The number of fused-ring (bicyclic) bond motifs is 2. The average Bonchev–Trinajstić information content (AvgIpc) is 2.95. The molecule has 0 aliphatic carbocycles. The van der Waals surface area contributed by atoms with E-state index in [1.54, 1.807) is 0 Å². The molecule has 2 atom stereocenters. The van der Waals surface area contributed by atoms with Crippen molar-refractivity contribution in [2.45, 2.75) is 37.5 Å². The normalized spacial score (nSPS) is 23.1. The quantitative estimate of drug-likeness (QED) is 0.834. The minimum absolute atomic E-state index is 0.00541. The Labute approximate surface area is 138 Å². The van der Waals surface area contributed by atoms with E-state index in [1.165, 1.54) is 29.5 Å². The van der Waals surface area contributed by atoms with Gasteiger partial charge >= 0.3 is 0 Å². The molecule has 1 fully saturated rings. The van der Waals surface area contributed by atoms with Gasteiger partial charge in [0, 0.05) is 12.1 Å². The Hall–Kier alpha value is -1.90. The lowest BCUT2D eigenvalue weighted by Gasteiger charge is -2.24. The molecule has 0 aromatic heterocycles. The van der Waals surface area contributed by atoms with Crippen LogP contribution in [0, 0.1) is 0 Å². The van der Waals surface area contributed by atoms with Gasteiger partial charge in [-0.3, -0.25) is 0 Å². The summed E-state index contributed by atoms with van der Waals surface area (Å²) in [4.78, 5) is 0. The van der Waals surface area contributed by atoms with Crippen LogP contribution in [0.15, 0.2) is 72.3 Å². The van der Waals surface area contributed by atoms with Gasteiger partial charge in [-0.15, -0.1) is 0 Å². The molecule has 2 aliphatic heterocycles. The third kappa shape index (κ3) is 3.39. The van der Waals surface area contributed by atoms with E-state index in [9.17, 15) is 0 Å². The molecular weight excluding hydrogens is 282 g/mol. The second-order valence-electron chi connectivity index (χ2n) is 6.59. The zero-order valence-corrected chi connectivity index (χ0v) is 13.3. The SMILES string of the molecule is C1=C(COC(c2ccccc2)c2ccccc2)CC2CCC1N2. The molecule has 2 nitrogen and oxygen atoms in total. The van der Waals surface area contributed by atoms with Gasteiger partial charge in [-0.25, -0.2) is 0 Å². The zero-order chi connectivity index (χ0) is 15.5. The summed E-state index contributed by atoms with van der Waals surface area (Å²) in [6.45, 7) is 0.725. The van der Waals surface area contributed by atoms with Crippen molar-refractivity contribution in [1.29, 1.82) is 0 Å². The van der Waals surface area contributed by atoms with Crippen LogP contribution in [0.5, 0.6) is 0 Å². The van der Waals surface area contributed by atoms with Crippen LogP contribution in [0.3, 0.4) is 0 Å². The lowest BCUT2D eigenvalue weighted by atomic mass is 10.0. The van der Waals surface area contributed by atoms with Crippen LogP contribution in [-0.4, -0.2) is 18.7 Å². The molecule has 1 saturated heterocycles. The minimum Gasteiger partial charge on any atom is -0.364 e. The molecule has 0 amide bonds.